The van der Waals surface area contributed by atoms with Crippen LogP contribution in [-0.2, 0) is 0 Å². The molecule has 0 amide bonds. The molecule has 0 radical (unpaired) electrons. The van der Waals surface area contributed by atoms with Gasteiger partial charge in [0.25, 0.3) is 0 Å². The van der Waals surface area contributed by atoms with Gasteiger partial charge in [0.05, 0.1) is 5.69 Å². The van der Waals surface area contributed by atoms with Gasteiger partial charge < -0.3 is 9.80 Å². The van der Waals surface area contributed by atoms with Gasteiger partial charge in [-0.25, -0.2) is 4.98 Å². The fourth-order valence-corrected chi connectivity index (χ4v) is 2.39. The number of aryl methyl sites for hydroxylation is 1. The van der Waals surface area contributed by atoms with Gasteiger partial charge >= 0.3 is 0 Å². The Labute approximate surface area is 126 Å². The zero-order valence-electron chi connectivity index (χ0n) is 12.6. The molecule has 0 spiro atoms. The van der Waals surface area contributed by atoms with Crippen LogP contribution in [0.3, 0.4) is 0 Å². The molecule has 4 heteroatoms. The Kier molecular flexibility index (Phi) is 7.39. The Morgan fingerprint density at radius 1 is 1.05 bits per heavy atom. The summed E-state index contributed by atoms with van der Waals surface area (Å²) in [5, 5.41) is 0. The maximum atomic E-state index is 4.65. The van der Waals surface area contributed by atoms with Gasteiger partial charge in [-0.1, -0.05) is 13.8 Å². The molecule has 0 unspecified atom stereocenters. The van der Waals surface area contributed by atoms with Crippen LogP contribution in [0.15, 0.2) is 16.6 Å². The van der Waals surface area contributed by atoms with Crippen LogP contribution in [0.2, 0.25) is 0 Å². The second kappa shape index (κ2) is 8.54. The Balaban J connectivity index is 2.55. The van der Waals surface area contributed by atoms with Gasteiger partial charge in [-0.2, -0.15) is 0 Å². The molecule has 1 aromatic rings. The Bertz CT molecular complexity index is 378. The molecule has 108 valence electrons. The fraction of sp³-hybridized carbons (Fsp3) is 0.667. The van der Waals surface area contributed by atoms with E-state index in [4.69, 9.17) is 0 Å². The maximum Gasteiger partial charge on any atom is 0.128 e. The van der Waals surface area contributed by atoms with Crippen molar-refractivity contribution in [2.75, 3.05) is 37.6 Å². The topological polar surface area (TPSA) is 19.4 Å². The van der Waals surface area contributed by atoms with E-state index in [2.05, 4.69) is 63.6 Å². The highest BCUT2D eigenvalue weighted by molar-refractivity contribution is 9.10. The summed E-state index contributed by atoms with van der Waals surface area (Å²) < 4.78 is 1.08. The summed E-state index contributed by atoms with van der Waals surface area (Å²) in [6.07, 6.45) is 1.19. The van der Waals surface area contributed by atoms with Crippen molar-refractivity contribution in [2.45, 2.75) is 34.1 Å². The maximum absolute atomic E-state index is 4.65. The molecular weight excluding hydrogens is 302 g/mol. The molecular formula is C15H26BrN3. The first-order valence-corrected chi connectivity index (χ1v) is 8.02. The van der Waals surface area contributed by atoms with Crippen molar-refractivity contribution in [3.05, 3.63) is 22.3 Å². The van der Waals surface area contributed by atoms with Gasteiger partial charge in [0, 0.05) is 17.6 Å². The highest BCUT2D eigenvalue weighted by Crippen LogP contribution is 2.19. The average molecular weight is 328 g/mol. The van der Waals surface area contributed by atoms with Crippen molar-refractivity contribution in [1.82, 2.24) is 9.88 Å². The minimum absolute atomic E-state index is 1.01. The van der Waals surface area contributed by atoms with E-state index >= 15 is 0 Å². The van der Waals surface area contributed by atoms with Crippen molar-refractivity contribution in [3.63, 3.8) is 0 Å². The number of rotatable bonds is 8. The SMILES string of the molecule is CCN(CC)CCCN(CC)c1ccc(Br)c(C)n1. The smallest absolute Gasteiger partial charge is 0.128 e. The van der Waals surface area contributed by atoms with Gasteiger partial charge in [0.1, 0.15) is 5.82 Å². The largest absolute Gasteiger partial charge is 0.357 e. The normalized spacial score (nSPS) is 11.1. The van der Waals surface area contributed by atoms with Crippen LogP contribution < -0.4 is 4.90 Å². The molecule has 19 heavy (non-hydrogen) atoms. The summed E-state index contributed by atoms with van der Waals surface area (Å²) in [6, 6.07) is 4.18. The van der Waals surface area contributed by atoms with E-state index in [0.29, 0.717) is 0 Å². The van der Waals surface area contributed by atoms with Gasteiger partial charge in [0.15, 0.2) is 0 Å². The summed E-state index contributed by atoms with van der Waals surface area (Å²) in [7, 11) is 0. The lowest BCUT2D eigenvalue weighted by atomic mass is 10.3. The molecule has 1 aromatic heterocycles. The lowest BCUT2D eigenvalue weighted by Gasteiger charge is -2.24. The third-order valence-corrected chi connectivity index (χ3v) is 4.35. The van der Waals surface area contributed by atoms with Crippen LogP contribution >= 0.6 is 15.9 Å². The van der Waals surface area contributed by atoms with Crippen molar-refractivity contribution >= 4 is 21.7 Å². The summed E-state index contributed by atoms with van der Waals surface area (Å²) in [4.78, 5) is 9.46. The fourth-order valence-electron chi connectivity index (χ4n) is 2.17. The minimum atomic E-state index is 1.01. The number of nitrogens with zero attached hydrogens (tertiary/aromatic N) is 3. The van der Waals surface area contributed by atoms with Gasteiger partial charge in [-0.15, -0.1) is 0 Å². The van der Waals surface area contributed by atoms with Gasteiger partial charge in [0.2, 0.25) is 0 Å². The number of hydrogen-bond acceptors (Lipinski definition) is 3. The molecule has 0 aliphatic rings. The second-order valence-electron chi connectivity index (χ2n) is 4.70. The summed E-state index contributed by atoms with van der Waals surface area (Å²) in [5.41, 5.74) is 1.06. The van der Waals surface area contributed by atoms with E-state index in [-0.39, 0.29) is 0 Å². The third-order valence-electron chi connectivity index (χ3n) is 3.51. The van der Waals surface area contributed by atoms with Crippen LogP contribution in [0, 0.1) is 6.92 Å². The number of halogens is 1. The molecule has 0 aliphatic heterocycles. The zero-order chi connectivity index (χ0) is 14.3. The van der Waals surface area contributed by atoms with Crippen LogP contribution in [0.4, 0.5) is 5.82 Å². The quantitative estimate of drug-likeness (QED) is 0.725. The van der Waals surface area contributed by atoms with E-state index in [0.717, 1.165) is 42.2 Å². The van der Waals surface area contributed by atoms with Gasteiger partial charge in [-0.3, -0.25) is 0 Å². The van der Waals surface area contributed by atoms with Crippen LogP contribution in [-0.4, -0.2) is 42.6 Å². The first-order valence-electron chi connectivity index (χ1n) is 7.22. The molecule has 0 bridgehead atoms. The summed E-state index contributed by atoms with van der Waals surface area (Å²) in [5.74, 6) is 1.09. The average Bonchev–Trinajstić information content (AvgIpc) is 2.42. The highest BCUT2D eigenvalue weighted by atomic mass is 79.9. The lowest BCUT2D eigenvalue weighted by Crippen LogP contribution is -2.30. The molecule has 3 nitrogen and oxygen atoms in total. The Hall–Kier alpha value is -0.610. The van der Waals surface area contributed by atoms with Crippen molar-refractivity contribution < 1.29 is 0 Å². The number of pyridine rings is 1. The van der Waals surface area contributed by atoms with E-state index in [1.54, 1.807) is 0 Å². The predicted octanol–water partition coefficient (Wildman–Crippen LogP) is 3.71. The lowest BCUT2D eigenvalue weighted by molar-refractivity contribution is 0.300. The van der Waals surface area contributed by atoms with Gasteiger partial charge in [-0.05, 0) is 68.0 Å². The Morgan fingerprint density at radius 2 is 1.74 bits per heavy atom. The van der Waals surface area contributed by atoms with E-state index in [1.807, 2.05) is 6.92 Å². The first kappa shape index (κ1) is 16.4. The third kappa shape index (κ3) is 5.11. The second-order valence-corrected chi connectivity index (χ2v) is 5.55. The first-order chi connectivity index (χ1) is 9.12. The van der Waals surface area contributed by atoms with Crippen molar-refractivity contribution in [2.24, 2.45) is 0 Å². The molecule has 0 saturated heterocycles. The van der Waals surface area contributed by atoms with E-state index < -0.39 is 0 Å². The number of anilines is 1. The molecule has 1 heterocycles. The van der Waals surface area contributed by atoms with Crippen LogP contribution in [0.25, 0.3) is 0 Å². The number of hydrogen-bond donors (Lipinski definition) is 0. The minimum Gasteiger partial charge on any atom is -0.357 e. The predicted molar refractivity (Wildman–Crippen MR) is 87.0 cm³/mol. The monoisotopic (exact) mass is 327 g/mol. The zero-order valence-corrected chi connectivity index (χ0v) is 14.2. The molecule has 0 aliphatic carbocycles. The summed E-state index contributed by atoms with van der Waals surface area (Å²) >= 11 is 3.50. The van der Waals surface area contributed by atoms with E-state index in [9.17, 15) is 0 Å². The van der Waals surface area contributed by atoms with Crippen LogP contribution in [0.5, 0.6) is 0 Å². The molecule has 0 atom stereocenters. The molecule has 0 aromatic carbocycles. The Morgan fingerprint density at radius 3 is 2.26 bits per heavy atom. The van der Waals surface area contributed by atoms with Crippen molar-refractivity contribution in [3.8, 4) is 0 Å². The standard InChI is InChI=1S/C15H26BrN3/c1-5-18(6-2)11-8-12-19(7-3)15-10-9-14(16)13(4)17-15/h9-10H,5-8,11-12H2,1-4H3. The molecule has 0 saturated carbocycles. The summed E-state index contributed by atoms with van der Waals surface area (Å²) in [6.45, 7) is 14.2. The number of aromatic nitrogens is 1. The van der Waals surface area contributed by atoms with E-state index in [1.165, 1.54) is 13.0 Å². The molecule has 0 N–H and O–H groups in total. The van der Waals surface area contributed by atoms with Crippen LogP contribution in [0.1, 0.15) is 32.9 Å². The highest BCUT2D eigenvalue weighted by Gasteiger charge is 2.08. The molecule has 0 fully saturated rings. The molecule has 1 rings (SSSR count). The van der Waals surface area contributed by atoms with Crippen molar-refractivity contribution in [1.29, 1.82) is 0 Å².